The highest BCUT2D eigenvalue weighted by atomic mass is 16.3. The third kappa shape index (κ3) is 20.5. The summed E-state index contributed by atoms with van der Waals surface area (Å²) >= 11 is 0. The summed E-state index contributed by atoms with van der Waals surface area (Å²) in [6.45, 7) is 2.14. The van der Waals surface area contributed by atoms with Gasteiger partial charge in [0.2, 0.25) is 0 Å². The highest BCUT2D eigenvalue weighted by Gasteiger charge is 2.10. The molecular weight excluding hydrogens is 336 g/mol. The average molecular weight is 375 g/mol. The standard InChI is InChI=1S/C24H38O3/c1-2-3-4-5-6-7-8-9-10-11-12-13-14-15-16-17-18-19-23(26)22-24(27)20-21-25/h3-4,6-7,9-10,12-13,15-16,21,23-24,26-27H,2,5,8,11,14,17-20,22H2,1H3/b4-3-,7-6-,10-9-,13-12-,16-15-/t23-,24+/m1/s1. The highest BCUT2D eigenvalue weighted by molar-refractivity contribution is 5.49. The van der Waals surface area contributed by atoms with Crippen LogP contribution in [0.3, 0.4) is 0 Å². The second kappa shape index (κ2) is 20.6. The fourth-order valence-corrected chi connectivity index (χ4v) is 2.48. The molecule has 3 nitrogen and oxygen atoms in total. The maximum atomic E-state index is 10.3. The highest BCUT2D eigenvalue weighted by Crippen LogP contribution is 2.09. The van der Waals surface area contributed by atoms with E-state index in [0.29, 0.717) is 12.7 Å². The molecule has 0 aliphatic carbocycles. The van der Waals surface area contributed by atoms with Gasteiger partial charge in [-0.05, 0) is 57.8 Å². The Labute approximate surface area is 165 Å². The maximum Gasteiger partial charge on any atom is 0.122 e. The lowest BCUT2D eigenvalue weighted by atomic mass is 10.0. The smallest absolute Gasteiger partial charge is 0.122 e. The van der Waals surface area contributed by atoms with Gasteiger partial charge < -0.3 is 15.0 Å². The molecule has 0 unspecified atom stereocenters. The van der Waals surface area contributed by atoms with Crippen molar-refractivity contribution in [2.45, 2.75) is 83.3 Å². The van der Waals surface area contributed by atoms with E-state index >= 15 is 0 Å². The molecule has 0 radical (unpaired) electrons. The Morgan fingerprint density at radius 1 is 0.704 bits per heavy atom. The Bertz CT molecular complexity index is 472. The summed E-state index contributed by atoms with van der Waals surface area (Å²) < 4.78 is 0. The zero-order valence-corrected chi connectivity index (χ0v) is 16.9. The molecule has 0 heterocycles. The van der Waals surface area contributed by atoms with E-state index < -0.39 is 12.2 Å². The van der Waals surface area contributed by atoms with Gasteiger partial charge in [-0.25, -0.2) is 0 Å². The van der Waals surface area contributed by atoms with E-state index in [1.54, 1.807) is 0 Å². The number of rotatable bonds is 17. The Morgan fingerprint density at radius 2 is 1.19 bits per heavy atom. The summed E-state index contributed by atoms with van der Waals surface area (Å²) in [6, 6.07) is 0. The molecule has 0 aliphatic rings. The third-order valence-electron chi connectivity index (χ3n) is 3.98. The Balaban J connectivity index is 3.56. The van der Waals surface area contributed by atoms with Gasteiger partial charge in [0.1, 0.15) is 6.29 Å². The third-order valence-corrected chi connectivity index (χ3v) is 3.98. The minimum Gasteiger partial charge on any atom is -0.393 e. The number of aldehydes is 1. The lowest BCUT2D eigenvalue weighted by molar-refractivity contribution is -0.109. The molecule has 2 atom stereocenters. The van der Waals surface area contributed by atoms with E-state index in [-0.39, 0.29) is 12.8 Å². The zero-order valence-electron chi connectivity index (χ0n) is 16.9. The number of hydrogen-bond acceptors (Lipinski definition) is 3. The van der Waals surface area contributed by atoms with Gasteiger partial charge in [-0.2, -0.15) is 0 Å². The van der Waals surface area contributed by atoms with Crippen LogP contribution in [0.25, 0.3) is 0 Å². The Hall–Kier alpha value is -1.71. The summed E-state index contributed by atoms with van der Waals surface area (Å²) in [4.78, 5) is 10.3. The second-order valence-electron chi connectivity index (χ2n) is 6.58. The van der Waals surface area contributed by atoms with Gasteiger partial charge >= 0.3 is 0 Å². The molecule has 2 N–H and O–H groups in total. The lowest BCUT2D eigenvalue weighted by Gasteiger charge is -2.12. The van der Waals surface area contributed by atoms with Crippen molar-refractivity contribution >= 4 is 6.29 Å². The summed E-state index contributed by atoms with van der Waals surface area (Å²) in [6.07, 6.45) is 29.1. The topological polar surface area (TPSA) is 57.5 Å². The summed E-state index contributed by atoms with van der Waals surface area (Å²) in [5.41, 5.74) is 0. The van der Waals surface area contributed by atoms with Crippen LogP contribution in [0.4, 0.5) is 0 Å². The van der Waals surface area contributed by atoms with Gasteiger partial charge in [0.25, 0.3) is 0 Å². The van der Waals surface area contributed by atoms with Crippen LogP contribution in [-0.2, 0) is 4.79 Å². The molecule has 152 valence electrons. The van der Waals surface area contributed by atoms with Crippen molar-refractivity contribution in [2.75, 3.05) is 0 Å². The average Bonchev–Trinajstić information content (AvgIpc) is 2.64. The predicted molar refractivity (Wildman–Crippen MR) is 116 cm³/mol. The Morgan fingerprint density at radius 3 is 1.67 bits per heavy atom. The molecular formula is C24H38O3. The predicted octanol–water partition coefficient (Wildman–Crippen LogP) is 5.61. The van der Waals surface area contributed by atoms with Gasteiger partial charge in [-0.1, -0.05) is 67.7 Å². The molecule has 0 amide bonds. The van der Waals surface area contributed by atoms with Crippen LogP contribution in [0, 0.1) is 0 Å². The molecule has 0 saturated carbocycles. The SMILES string of the molecule is CC/C=C\C/C=C\C/C=C\C/C=C\C/C=C\CCC[C@@H](O)C[C@@H](O)CC=O. The van der Waals surface area contributed by atoms with E-state index in [2.05, 4.69) is 67.7 Å². The van der Waals surface area contributed by atoms with Crippen molar-refractivity contribution in [3.8, 4) is 0 Å². The van der Waals surface area contributed by atoms with E-state index in [1.807, 2.05) is 0 Å². The van der Waals surface area contributed by atoms with Crippen LogP contribution in [0.15, 0.2) is 60.8 Å². The van der Waals surface area contributed by atoms with Crippen molar-refractivity contribution in [1.82, 2.24) is 0 Å². The zero-order chi connectivity index (χ0) is 20.0. The molecule has 0 aromatic carbocycles. The molecule has 0 aliphatic heterocycles. The first-order valence-corrected chi connectivity index (χ1v) is 10.2. The van der Waals surface area contributed by atoms with Crippen molar-refractivity contribution in [1.29, 1.82) is 0 Å². The largest absolute Gasteiger partial charge is 0.393 e. The number of aliphatic hydroxyl groups excluding tert-OH is 2. The van der Waals surface area contributed by atoms with Gasteiger partial charge in [-0.15, -0.1) is 0 Å². The van der Waals surface area contributed by atoms with E-state index in [9.17, 15) is 15.0 Å². The van der Waals surface area contributed by atoms with Crippen LogP contribution in [0.2, 0.25) is 0 Å². The second-order valence-corrected chi connectivity index (χ2v) is 6.58. The molecule has 0 aromatic heterocycles. The molecule has 27 heavy (non-hydrogen) atoms. The fraction of sp³-hybridized carbons (Fsp3) is 0.542. The molecule has 0 aromatic rings. The van der Waals surface area contributed by atoms with E-state index in [4.69, 9.17) is 0 Å². The number of hydrogen-bond donors (Lipinski definition) is 2. The van der Waals surface area contributed by atoms with E-state index in [1.165, 1.54) is 0 Å². The number of carbonyl (C=O) groups is 1. The molecule has 0 spiro atoms. The molecule has 0 saturated heterocycles. The summed E-state index contributed by atoms with van der Waals surface area (Å²) in [5, 5.41) is 19.2. The minimum absolute atomic E-state index is 0.103. The van der Waals surface area contributed by atoms with Crippen LogP contribution in [0.5, 0.6) is 0 Å². The molecule has 0 bridgehead atoms. The molecule has 3 heteroatoms. The number of aliphatic hydroxyl groups is 2. The van der Waals surface area contributed by atoms with Crippen LogP contribution in [-0.4, -0.2) is 28.7 Å². The lowest BCUT2D eigenvalue weighted by Crippen LogP contribution is -2.17. The van der Waals surface area contributed by atoms with Gasteiger partial charge in [-0.3, -0.25) is 0 Å². The maximum absolute atomic E-state index is 10.3. The Kier molecular flexibility index (Phi) is 19.3. The van der Waals surface area contributed by atoms with Crippen molar-refractivity contribution < 1.29 is 15.0 Å². The number of carbonyl (C=O) groups excluding carboxylic acids is 1. The number of unbranched alkanes of at least 4 members (excludes halogenated alkanes) is 1. The number of allylic oxidation sites excluding steroid dienone is 10. The van der Waals surface area contributed by atoms with E-state index in [0.717, 1.165) is 44.9 Å². The summed E-state index contributed by atoms with van der Waals surface area (Å²) in [5.74, 6) is 0. The monoisotopic (exact) mass is 374 g/mol. The molecule has 0 fully saturated rings. The normalized spacial score (nSPS) is 15.1. The van der Waals surface area contributed by atoms with Crippen LogP contribution >= 0.6 is 0 Å². The van der Waals surface area contributed by atoms with Crippen molar-refractivity contribution in [2.24, 2.45) is 0 Å². The first-order valence-electron chi connectivity index (χ1n) is 10.2. The van der Waals surface area contributed by atoms with Crippen molar-refractivity contribution in [3.05, 3.63) is 60.8 Å². The van der Waals surface area contributed by atoms with Crippen LogP contribution in [0.1, 0.15) is 71.1 Å². The van der Waals surface area contributed by atoms with Crippen LogP contribution < -0.4 is 0 Å². The first kappa shape index (κ1) is 25.3. The van der Waals surface area contributed by atoms with Gasteiger partial charge in [0, 0.05) is 6.42 Å². The van der Waals surface area contributed by atoms with Gasteiger partial charge in [0.15, 0.2) is 0 Å². The first-order chi connectivity index (χ1) is 13.2. The minimum atomic E-state index is -0.716. The van der Waals surface area contributed by atoms with Crippen molar-refractivity contribution in [3.63, 3.8) is 0 Å². The van der Waals surface area contributed by atoms with Gasteiger partial charge in [0.05, 0.1) is 12.2 Å². The molecule has 0 rings (SSSR count). The fourth-order valence-electron chi connectivity index (χ4n) is 2.48. The quantitative estimate of drug-likeness (QED) is 0.198. The summed E-state index contributed by atoms with van der Waals surface area (Å²) in [7, 11) is 0.